The molecule has 104 valence electrons. The number of hydrogen-bond acceptors (Lipinski definition) is 1. The normalized spacial score (nSPS) is 21.4. The van der Waals surface area contributed by atoms with Gasteiger partial charge in [0.2, 0.25) is 0 Å². The predicted molar refractivity (Wildman–Crippen MR) is 79.9 cm³/mol. The highest BCUT2D eigenvalue weighted by Gasteiger charge is 2.30. The molecule has 0 aliphatic heterocycles. The summed E-state index contributed by atoms with van der Waals surface area (Å²) in [5.41, 5.74) is 1.96. The van der Waals surface area contributed by atoms with Crippen molar-refractivity contribution < 1.29 is 8.78 Å². The lowest BCUT2D eigenvalue weighted by atomic mass is 9.76. The SMILES string of the molecule is Fc1cccc(C2CC(Nc3ccc(F)c(Br)c3)C2)c1. The molecule has 20 heavy (non-hydrogen) atoms. The van der Waals surface area contributed by atoms with Gasteiger partial charge in [0.15, 0.2) is 0 Å². The molecule has 1 nitrogen and oxygen atoms in total. The maximum absolute atomic E-state index is 13.2. The first-order chi connectivity index (χ1) is 9.61. The minimum Gasteiger partial charge on any atom is -0.382 e. The quantitative estimate of drug-likeness (QED) is 0.822. The Morgan fingerprint density at radius 2 is 1.85 bits per heavy atom. The van der Waals surface area contributed by atoms with E-state index in [2.05, 4.69) is 21.2 Å². The van der Waals surface area contributed by atoms with Crippen LogP contribution in [0.3, 0.4) is 0 Å². The average Bonchev–Trinajstić information content (AvgIpc) is 2.37. The maximum Gasteiger partial charge on any atom is 0.137 e. The van der Waals surface area contributed by atoms with E-state index in [1.165, 1.54) is 12.1 Å². The van der Waals surface area contributed by atoms with Crippen molar-refractivity contribution in [3.05, 3.63) is 64.1 Å². The van der Waals surface area contributed by atoms with Gasteiger partial charge in [-0.15, -0.1) is 0 Å². The lowest BCUT2D eigenvalue weighted by Gasteiger charge is -2.37. The fourth-order valence-corrected chi connectivity index (χ4v) is 2.97. The summed E-state index contributed by atoms with van der Waals surface area (Å²) in [6, 6.07) is 12.1. The highest BCUT2D eigenvalue weighted by atomic mass is 79.9. The number of nitrogens with one attached hydrogen (secondary N) is 1. The van der Waals surface area contributed by atoms with E-state index in [0.717, 1.165) is 24.1 Å². The van der Waals surface area contributed by atoms with Gasteiger partial charge < -0.3 is 5.32 Å². The average molecular weight is 338 g/mol. The van der Waals surface area contributed by atoms with Crippen LogP contribution in [0.25, 0.3) is 0 Å². The van der Waals surface area contributed by atoms with Gasteiger partial charge >= 0.3 is 0 Å². The van der Waals surface area contributed by atoms with Crippen LogP contribution in [0.4, 0.5) is 14.5 Å². The van der Waals surface area contributed by atoms with E-state index in [0.29, 0.717) is 16.4 Å². The van der Waals surface area contributed by atoms with Crippen molar-refractivity contribution in [1.29, 1.82) is 0 Å². The smallest absolute Gasteiger partial charge is 0.137 e. The third kappa shape index (κ3) is 2.85. The van der Waals surface area contributed by atoms with Crippen LogP contribution < -0.4 is 5.32 Å². The molecular weight excluding hydrogens is 324 g/mol. The highest BCUT2D eigenvalue weighted by Crippen LogP contribution is 2.38. The second-order valence-corrected chi connectivity index (χ2v) is 6.05. The zero-order valence-electron chi connectivity index (χ0n) is 10.7. The molecule has 2 aromatic carbocycles. The molecule has 0 unspecified atom stereocenters. The van der Waals surface area contributed by atoms with Crippen LogP contribution in [0, 0.1) is 11.6 Å². The van der Waals surface area contributed by atoms with Gasteiger partial charge in [-0.05, 0) is 70.6 Å². The first-order valence-electron chi connectivity index (χ1n) is 6.59. The summed E-state index contributed by atoms with van der Waals surface area (Å²) in [6.45, 7) is 0. The molecule has 1 saturated carbocycles. The molecule has 0 heterocycles. The Morgan fingerprint density at radius 1 is 1.05 bits per heavy atom. The molecule has 0 aromatic heterocycles. The number of hydrogen-bond donors (Lipinski definition) is 1. The molecule has 0 saturated heterocycles. The van der Waals surface area contributed by atoms with E-state index in [1.54, 1.807) is 24.3 Å². The van der Waals surface area contributed by atoms with E-state index < -0.39 is 0 Å². The third-order valence-electron chi connectivity index (χ3n) is 3.75. The lowest BCUT2D eigenvalue weighted by molar-refractivity contribution is 0.373. The molecule has 1 fully saturated rings. The molecule has 4 heteroatoms. The molecule has 3 rings (SSSR count). The third-order valence-corrected chi connectivity index (χ3v) is 4.36. The summed E-state index contributed by atoms with van der Waals surface area (Å²) in [4.78, 5) is 0. The van der Waals surface area contributed by atoms with Gasteiger partial charge in [0.05, 0.1) is 4.47 Å². The van der Waals surface area contributed by atoms with E-state index in [-0.39, 0.29) is 11.6 Å². The molecule has 1 aliphatic carbocycles. The second kappa shape index (κ2) is 5.52. The van der Waals surface area contributed by atoms with Gasteiger partial charge in [0.25, 0.3) is 0 Å². The van der Waals surface area contributed by atoms with Gasteiger partial charge in [0.1, 0.15) is 11.6 Å². The maximum atomic E-state index is 13.2. The second-order valence-electron chi connectivity index (χ2n) is 5.19. The predicted octanol–water partition coefficient (Wildman–Crippen LogP) is 5.09. The molecule has 0 bridgehead atoms. The molecule has 2 aromatic rings. The van der Waals surface area contributed by atoms with Crippen LogP contribution in [0.5, 0.6) is 0 Å². The molecule has 0 radical (unpaired) electrons. The minimum absolute atomic E-state index is 0.179. The summed E-state index contributed by atoms with van der Waals surface area (Å²) in [6.07, 6.45) is 1.94. The van der Waals surface area contributed by atoms with Crippen molar-refractivity contribution in [3.8, 4) is 0 Å². The van der Waals surface area contributed by atoms with Crippen molar-refractivity contribution in [2.75, 3.05) is 5.32 Å². The summed E-state index contributed by atoms with van der Waals surface area (Å²) in [7, 11) is 0. The van der Waals surface area contributed by atoms with E-state index in [1.807, 2.05) is 6.07 Å². The number of anilines is 1. The number of halogens is 3. The van der Waals surface area contributed by atoms with Crippen LogP contribution in [0.2, 0.25) is 0 Å². The first kappa shape index (κ1) is 13.6. The fraction of sp³-hybridized carbons (Fsp3) is 0.250. The Kier molecular flexibility index (Phi) is 3.74. The zero-order valence-corrected chi connectivity index (χ0v) is 12.3. The Bertz CT molecular complexity index is 624. The van der Waals surface area contributed by atoms with Gasteiger partial charge in [-0.1, -0.05) is 12.1 Å². The number of rotatable bonds is 3. The van der Waals surface area contributed by atoms with E-state index in [9.17, 15) is 8.78 Å². The molecule has 0 spiro atoms. The molecule has 0 atom stereocenters. The monoisotopic (exact) mass is 337 g/mol. The van der Waals surface area contributed by atoms with Gasteiger partial charge in [0, 0.05) is 11.7 Å². The Balaban J connectivity index is 1.59. The van der Waals surface area contributed by atoms with Crippen LogP contribution in [0.15, 0.2) is 46.9 Å². The van der Waals surface area contributed by atoms with Crippen molar-refractivity contribution in [1.82, 2.24) is 0 Å². The van der Waals surface area contributed by atoms with E-state index >= 15 is 0 Å². The standard InChI is InChI=1S/C16H14BrF2N/c17-15-9-13(4-5-16(15)19)20-14-7-11(8-14)10-2-1-3-12(18)6-10/h1-6,9,11,14,20H,7-8H2. The van der Waals surface area contributed by atoms with Crippen molar-refractivity contribution in [3.63, 3.8) is 0 Å². The van der Waals surface area contributed by atoms with Gasteiger partial charge in [-0.25, -0.2) is 8.78 Å². The molecular formula is C16H14BrF2N. The highest BCUT2D eigenvalue weighted by molar-refractivity contribution is 9.10. The molecule has 0 amide bonds. The first-order valence-corrected chi connectivity index (χ1v) is 7.38. The lowest BCUT2D eigenvalue weighted by Crippen LogP contribution is -2.34. The van der Waals surface area contributed by atoms with Crippen LogP contribution in [-0.2, 0) is 0 Å². The Hall–Kier alpha value is -1.42. The summed E-state index contributed by atoms with van der Waals surface area (Å²) in [5.74, 6) is -0.0322. The summed E-state index contributed by atoms with van der Waals surface area (Å²) < 4.78 is 26.8. The fourth-order valence-electron chi connectivity index (χ4n) is 2.59. The Labute approximate surface area is 125 Å². The zero-order chi connectivity index (χ0) is 14.1. The van der Waals surface area contributed by atoms with Crippen molar-refractivity contribution in [2.45, 2.75) is 24.8 Å². The minimum atomic E-state index is -0.262. The number of benzene rings is 2. The van der Waals surface area contributed by atoms with Crippen molar-refractivity contribution in [2.24, 2.45) is 0 Å². The van der Waals surface area contributed by atoms with Crippen LogP contribution >= 0.6 is 15.9 Å². The van der Waals surface area contributed by atoms with Gasteiger partial charge in [-0.2, -0.15) is 0 Å². The van der Waals surface area contributed by atoms with Crippen molar-refractivity contribution >= 4 is 21.6 Å². The Morgan fingerprint density at radius 3 is 2.55 bits per heavy atom. The van der Waals surface area contributed by atoms with Crippen LogP contribution in [0.1, 0.15) is 24.3 Å². The topological polar surface area (TPSA) is 12.0 Å². The summed E-state index contributed by atoms with van der Waals surface area (Å²) >= 11 is 3.18. The van der Waals surface area contributed by atoms with E-state index in [4.69, 9.17) is 0 Å². The molecule has 1 aliphatic rings. The largest absolute Gasteiger partial charge is 0.382 e. The molecule has 1 N–H and O–H groups in total. The van der Waals surface area contributed by atoms with Crippen LogP contribution in [-0.4, -0.2) is 6.04 Å². The van der Waals surface area contributed by atoms with Gasteiger partial charge in [-0.3, -0.25) is 0 Å². The summed E-state index contributed by atoms with van der Waals surface area (Å²) in [5, 5.41) is 3.37.